The van der Waals surface area contributed by atoms with Gasteiger partial charge >= 0.3 is 0 Å². The highest BCUT2D eigenvalue weighted by Gasteiger charge is 2.10. The molecule has 2 aromatic rings. The minimum atomic E-state index is 0.471. The van der Waals surface area contributed by atoms with E-state index in [1.54, 1.807) is 0 Å². The van der Waals surface area contributed by atoms with Crippen LogP contribution in [0.2, 0.25) is 0 Å². The van der Waals surface area contributed by atoms with Crippen molar-refractivity contribution in [1.82, 2.24) is 9.38 Å². The Bertz CT molecular complexity index is 431. The number of nitrogens with zero attached hydrogens (tertiary/aromatic N) is 2. The zero-order valence-electron chi connectivity index (χ0n) is 7.66. The Labute approximate surface area is 91.1 Å². The van der Waals surface area contributed by atoms with Crippen molar-refractivity contribution in [1.29, 1.82) is 0 Å². The summed E-state index contributed by atoms with van der Waals surface area (Å²) in [7, 11) is 0. The largest absolute Gasteiger partial charge is 0.302 e. The number of rotatable bonds is 1. The van der Waals surface area contributed by atoms with Gasteiger partial charge in [-0.1, -0.05) is 19.9 Å². The van der Waals surface area contributed by atoms with Gasteiger partial charge in [-0.25, -0.2) is 4.98 Å². The second-order valence-corrected chi connectivity index (χ2v) is 4.39. The van der Waals surface area contributed by atoms with E-state index in [1.165, 1.54) is 5.52 Å². The third kappa shape index (κ3) is 1.45. The van der Waals surface area contributed by atoms with Crippen LogP contribution in [0.25, 0.3) is 5.52 Å². The molecule has 13 heavy (non-hydrogen) atoms. The van der Waals surface area contributed by atoms with Gasteiger partial charge in [0.15, 0.2) is 0 Å². The molecule has 0 atom stereocenters. The lowest BCUT2D eigenvalue weighted by Gasteiger charge is -2.02. The molecule has 0 fully saturated rings. The minimum absolute atomic E-state index is 0.471. The summed E-state index contributed by atoms with van der Waals surface area (Å²) in [6, 6.07) is 6.18. The van der Waals surface area contributed by atoms with Crippen LogP contribution in [0.5, 0.6) is 0 Å². The summed E-state index contributed by atoms with van der Waals surface area (Å²) in [5, 5.41) is 0. The van der Waals surface area contributed by atoms with Crippen molar-refractivity contribution in [2.75, 3.05) is 0 Å². The first kappa shape index (κ1) is 8.99. The van der Waals surface area contributed by atoms with E-state index in [0.717, 1.165) is 9.53 Å². The molecular formula is C10H11IN2. The van der Waals surface area contributed by atoms with Crippen LogP contribution in [0.15, 0.2) is 24.4 Å². The van der Waals surface area contributed by atoms with Gasteiger partial charge in [0.05, 0.1) is 5.52 Å². The molecule has 2 aromatic heterocycles. The van der Waals surface area contributed by atoms with E-state index in [0.29, 0.717) is 5.92 Å². The second kappa shape index (κ2) is 3.29. The predicted octanol–water partition coefficient (Wildman–Crippen LogP) is 3.06. The summed E-state index contributed by atoms with van der Waals surface area (Å²) in [5.41, 5.74) is 1.20. The maximum absolute atomic E-state index is 4.54. The van der Waals surface area contributed by atoms with E-state index in [4.69, 9.17) is 0 Å². The molecule has 0 saturated carbocycles. The number of aromatic nitrogens is 2. The highest BCUT2D eigenvalue weighted by molar-refractivity contribution is 14.1. The van der Waals surface area contributed by atoms with Crippen molar-refractivity contribution < 1.29 is 0 Å². The summed E-state index contributed by atoms with van der Waals surface area (Å²) in [6.45, 7) is 4.33. The Balaban J connectivity index is 2.78. The van der Waals surface area contributed by atoms with Crippen molar-refractivity contribution >= 4 is 28.1 Å². The fourth-order valence-corrected chi connectivity index (χ4v) is 2.12. The third-order valence-electron chi connectivity index (χ3n) is 2.05. The summed E-state index contributed by atoms with van der Waals surface area (Å²) < 4.78 is 3.24. The number of hydrogen-bond donors (Lipinski definition) is 0. The van der Waals surface area contributed by atoms with Crippen LogP contribution in [0.3, 0.4) is 0 Å². The van der Waals surface area contributed by atoms with Gasteiger partial charge in [-0.15, -0.1) is 0 Å². The van der Waals surface area contributed by atoms with Crippen LogP contribution >= 0.6 is 22.6 Å². The molecule has 0 bridgehead atoms. The van der Waals surface area contributed by atoms with Crippen molar-refractivity contribution in [3.8, 4) is 0 Å². The lowest BCUT2D eigenvalue weighted by Crippen LogP contribution is -1.95. The predicted molar refractivity (Wildman–Crippen MR) is 62.0 cm³/mol. The molecule has 0 aliphatic carbocycles. The van der Waals surface area contributed by atoms with Crippen molar-refractivity contribution in [3.63, 3.8) is 0 Å². The molecule has 2 heterocycles. The van der Waals surface area contributed by atoms with E-state index in [-0.39, 0.29) is 0 Å². The monoisotopic (exact) mass is 286 g/mol. The van der Waals surface area contributed by atoms with Gasteiger partial charge in [-0.05, 0) is 34.7 Å². The summed E-state index contributed by atoms with van der Waals surface area (Å²) in [4.78, 5) is 4.54. The fraction of sp³-hybridized carbons (Fsp3) is 0.300. The molecule has 3 heteroatoms. The van der Waals surface area contributed by atoms with Gasteiger partial charge < -0.3 is 4.40 Å². The molecule has 2 nitrogen and oxygen atoms in total. The summed E-state index contributed by atoms with van der Waals surface area (Å²) in [5.74, 6) is 1.61. The molecule has 0 saturated heterocycles. The van der Waals surface area contributed by atoms with Gasteiger partial charge in [0, 0.05) is 12.1 Å². The average Bonchev–Trinajstić information content (AvgIpc) is 2.45. The highest BCUT2D eigenvalue weighted by atomic mass is 127. The van der Waals surface area contributed by atoms with Gasteiger partial charge in [0.1, 0.15) is 9.53 Å². The Hall–Kier alpha value is -0.580. The second-order valence-electron chi connectivity index (χ2n) is 3.37. The van der Waals surface area contributed by atoms with Crippen LogP contribution in [0, 0.1) is 3.70 Å². The lowest BCUT2D eigenvalue weighted by atomic mass is 10.2. The molecule has 0 unspecified atom stereocenters. The smallest absolute Gasteiger partial charge is 0.127 e. The third-order valence-corrected chi connectivity index (χ3v) is 2.84. The van der Waals surface area contributed by atoms with E-state index in [9.17, 15) is 0 Å². The van der Waals surface area contributed by atoms with Crippen LogP contribution in [-0.2, 0) is 0 Å². The van der Waals surface area contributed by atoms with Gasteiger partial charge in [0.2, 0.25) is 0 Å². The average molecular weight is 286 g/mol. The van der Waals surface area contributed by atoms with Gasteiger partial charge in [-0.2, -0.15) is 0 Å². The first-order valence-corrected chi connectivity index (χ1v) is 5.40. The Morgan fingerprint density at radius 1 is 1.38 bits per heavy atom. The minimum Gasteiger partial charge on any atom is -0.302 e. The summed E-state index contributed by atoms with van der Waals surface area (Å²) in [6.07, 6.45) is 2.07. The number of fused-ring (bicyclic) bond motifs is 1. The maximum Gasteiger partial charge on any atom is 0.127 e. The molecule has 0 aromatic carbocycles. The van der Waals surface area contributed by atoms with Crippen molar-refractivity contribution in [2.45, 2.75) is 19.8 Å². The maximum atomic E-state index is 4.54. The van der Waals surface area contributed by atoms with Crippen molar-refractivity contribution in [3.05, 3.63) is 33.9 Å². The molecule has 68 valence electrons. The first-order chi connectivity index (χ1) is 6.20. The normalized spacial score (nSPS) is 11.4. The Kier molecular flexibility index (Phi) is 2.27. The zero-order chi connectivity index (χ0) is 9.42. The Morgan fingerprint density at radius 3 is 2.85 bits per heavy atom. The van der Waals surface area contributed by atoms with Gasteiger partial charge in [-0.3, -0.25) is 0 Å². The quantitative estimate of drug-likeness (QED) is 0.736. The molecule has 0 amide bonds. The number of halogens is 1. The Morgan fingerprint density at radius 2 is 2.15 bits per heavy atom. The summed E-state index contributed by atoms with van der Waals surface area (Å²) >= 11 is 2.28. The standard InChI is InChI=1S/C10H11IN2/c1-7(2)10-12-9(11)8-5-3-4-6-13(8)10/h3-7H,1-2H3. The van der Waals surface area contributed by atoms with Crippen LogP contribution in [0.4, 0.5) is 0 Å². The van der Waals surface area contributed by atoms with E-state index < -0.39 is 0 Å². The number of hydrogen-bond acceptors (Lipinski definition) is 1. The zero-order valence-corrected chi connectivity index (χ0v) is 9.82. The number of imidazole rings is 1. The molecule has 2 rings (SSSR count). The van der Waals surface area contributed by atoms with Crippen LogP contribution in [-0.4, -0.2) is 9.38 Å². The molecule has 0 spiro atoms. The van der Waals surface area contributed by atoms with Crippen LogP contribution < -0.4 is 0 Å². The van der Waals surface area contributed by atoms with Crippen LogP contribution in [0.1, 0.15) is 25.6 Å². The van der Waals surface area contributed by atoms with E-state index in [2.05, 4.69) is 58.1 Å². The lowest BCUT2D eigenvalue weighted by molar-refractivity contribution is 0.769. The van der Waals surface area contributed by atoms with E-state index >= 15 is 0 Å². The van der Waals surface area contributed by atoms with Gasteiger partial charge in [0.25, 0.3) is 0 Å². The molecule has 0 aliphatic heterocycles. The van der Waals surface area contributed by atoms with Crippen molar-refractivity contribution in [2.24, 2.45) is 0 Å². The van der Waals surface area contributed by atoms with E-state index in [1.807, 2.05) is 12.1 Å². The fourth-order valence-electron chi connectivity index (χ4n) is 1.43. The molecular weight excluding hydrogens is 275 g/mol. The SMILES string of the molecule is CC(C)c1nc(I)c2ccccn12. The number of pyridine rings is 1. The topological polar surface area (TPSA) is 17.3 Å². The molecule has 0 radical (unpaired) electrons. The molecule has 0 aliphatic rings. The highest BCUT2D eigenvalue weighted by Crippen LogP contribution is 2.20. The first-order valence-electron chi connectivity index (χ1n) is 4.32. The molecule has 0 N–H and O–H groups in total.